The Kier molecular flexibility index (Phi) is 5.74. The van der Waals surface area contributed by atoms with Crippen molar-refractivity contribution in [2.75, 3.05) is 19.4 Å². The van der Waals surface area contributed by atoms with Gasteiger partial charge in [0.1, 0.15) is 0 Å². The molecule has 0 atom stereocenters. The number of benzene rings is 1. The van der Waals surface area contributed by atoms with E-state index in [1.807, 2.05) is 23.6 Å². The molecule has 2 rings (SSSR count). The van der Waals surface area contributed by atoms with E-state index < -0.39 is 10.0 Å². The Hall–Kier alpha value is -1.48. The first-order valence-electron chi connectivity index (χ1n) is 6.91. The monoisotopic (exact) mass is 369 g/mol. The number of thiophene rings is 1. The summed E-state index contributed by atoms with van der Waals surface area (Å²) in [6, 6.07) is 9.18. The van der Waals surface area contributed by atoms with Gasteiger partial charge in [-0.3, -0.25) is 0 Å². The van der Waals surface area contributed by atoms with Crippen LogP contribution in [-0.2, 0) is 16.6 Å². The Labute approximate surface area is 146 Å². The molecule has 124 valence electrons. The van der Waals surface area contributed by atoms with Crippen molar-refractivity contribution < 1.29 is 8.42 Å². The molecule has 0 bridgehead atoms. The zero-order chi connectivity index (χ0) is 17.0. The summed E-state index contributed by atoms with van der Waals surface area (Å²) >= 11 is 6.90. The van der Waals surface area contributed by atoms with Crippen molar-refractivity contribution in [3.05, 3.63) is 46.2 Å². The molecule has 1 aromatic heterocycles. The minimum absolute atomic E-state index is 0.272. The van der Waals surface area contributed by atoms with Gasteiger partial charge in [-0.25, -0.2) is 12.7 Å². The second kappa shape index (κ2) is 7.39. The number of sulfonamides is 1. The van der Waals surface area contributed by atoms with Crippen LogP contribution in [0.15, 0.2) is 40.6 Å². The van der Waals surface area contributed by atoms with Crippen LogP contribution in [0.25, 0.3) is 0 Å². The summed E-state index contributed by atoms with van der Waals surface area (Å²) in [7, 11) is -0.450. The Morgan fingerprint density at radius 2 is 2.04 bits per heavy atom. The molecular weight excluding hydrogens is 350 g/mol. The van der Waals surface area contributed by atoms with Crippen LogP contribution in [0.1, 0.15) is 10.4 Å². The predicted molar refractivity (Wildman–Crippen MR) is 99.4 cm³/mol. The van der Waals surface area contributed by atoms with Crippen LogP contribution in [0.4, 0.5) is 5.69 Å². The Morgan fingerprint density at radius 1 is 1.30 bits per heavy atom. The minimum Gasteiger partial charge on any atom is -0.358 e. The molecule has 0 spiro atoms. The van der Waals surface area contributed by atoms with Crippen LogP contribution in [-0.4, -0.2) is 31.9 Å². The standard InChI is InChI=1S/C15H19N3O2S3/c1-11-6-7-12(9-14(11)23(19,20)18(2)3)17-15(21)16-10-13-5-4-8-22-13/h4-9H,10H2,1-3H3,(H2,16,17,21). The molecule has 23 heavy (non-hydrogen) atoms. The van der Waals surface area contributed by atoms with Crippen LogP contribution in [0, 0.1) is 6.92 Å². The molecule has 8 heteroatoms. The van der Waals surface area contributed by atoms with Gasteiger partial charge in [0.15, 0.2) is 5.11 Å². The average Bonchev–Trinajstić information content (AvgIpc) is 3.00. The average molecular weight is 370 g/mol. The zero-order valence-electron chi connectivity index (χ0n) is 13.2. The van der Waals surface area contributed by atoms with Crippen molar-refractivity contribution >= 4 is 44.4 Å². The van der Waals surface area contributed by atoms with Crippen molar-refractivity contribution in [1.29, 1.82) is 0 Å². The van der Waals surface area contributed by atoms with Crippen molar-refractivity contribution in [2.45, 2.75) is 18.4 Å². The fourth-order valence-corrected chi connectivity index (χ4v) is 3.89. The second-order valence-corrected chi connectivity index (χ2v) is 8.72. The summed E-state index contributed by atoms with van der Waals surface area (Å²) < 4.78 is 25.8. The van der Waals surface area contributed by atoms with E-state index in [2.05, 4.69) is 10.6 Å². The highest BCUT2D eigenvalue weighted by Crippen LogP contribution is 2.22. The quantitative estimate of drug-likeness (QED) is 0.794. The molecule has 0 aliphatic carbocycles. The SMILES string of the molecule is Cc1ccc(NC(=S)NCc2cccs2)cc1S(=O)(=O)N(C)C. The topological polar surface area (TPSA) is 61.4 Å². The molecule has 0 fully saturated rings. The molecular formula is C15H19N3O2S3. The molecule has 0 saturated heterocycles. The smallest absolute Gasteiger partial charge is 0.242 e. The van der Waals surface area contributed by atoms with E-state index in [-0.39, 0.29) is 4.90 Å². The Morgan fingerprint density at radius 3 is 2.65 bits per heavy atom. The molecule has 1 heterocycles. The van der Waals surface area contributed by atoms with Crippen molar-refractivity contribution in [3.8, 4) is 0 Å². The van der Waals surface area contributed by atoms with Crippen LogP contribution >= 0.6 is 23.6 Å². The van der Waals surface area contributed by atoms with Crippen LogP contribution in [0.5, 0.6) is 0 Å². The van der Waals surface area contributed by atoms with Gasteiger partial charge in [0, 0.05) is 24.7 Å². The maximum atomic E-state index is 12.3. The highest BCUT2D eigenvalue weighted by molar-refractivity contribution is 7.89. The number of thiocarbonyl (C=S) groups is 1. The largest absolute Gasteiger partial charge is 0.358 e. The van der Waals surface area contributed by atoms with E-state index in [0.29, 0.717) is 22.9 Å². The lowest BCUT2D eigenvalue weighted by Crippen LogP contribution is -2.28. The summed E-state index contributed by atoms with van der Waals surface area (Å²) in [5.74, 6) is 0. The number of nitrogens with zero attached hydrogens (tertiary/aromatic N) is 1. The van der Waals surface area contributed by atoms with Gasteiger partial charge in [0.25, 0.3) is 0 Å². The summed E-state index contributed by atoms with van der Waals surface area (Å²) in [6.45, 7) is 2.41. The second-order valence-electron chi connectivity index (χ2n) is 5.15. The first kappa shape index (κ1) is 17.9. The fraction of sp³-hybridized carbons (Fsp3) is 0.267. The molecule has 0 aliphatic rings. The van der Waals surface area contributed by atoms with Gasteiger partial charge in [0.2, 0.25) is 10.0 Å². The number of hydrogen-bond donors (Lipinski definition) is 2. The van der Waals surface area contributed by atoms with Gasteiger partial charge in [-0.2, -0.15) is 0 Å². The lowest BCUT2D eigenvalue weighted by atomic mass is 10.2. The molecule has 5 nitrogen and oxygen atoms in total. The number of nitrogens with one attached hydrogen (secondary N) is 2. The maximum absolute atomic E-state index is 12.3. The summed E-state index contributed by atoms with van der Waals surface area (Å²) in [5.41, 5.74) is 1.33. The van der Waals surface area contributed by atoms with E-state index in [9.17, 15) is 8.42 Å². The summed E-state index contributed by atoms with van der Waals surface area (Å²) in [5, 5.41) is 8.58. The van der Waals surface area contributed by atoms with E-state index in [1.165, 1.54) is 23.3 Å². The first-order valence-corrected chi connectivity index (χ1v) is 9.64. The van der Waals surface area contributed by atoms with Crippen LogP contribution in [0.3, 0.4) is 0 Å². The van der Waals surface area contributed by atoms with Gasteiger partial charge < -0.3 is 10.6 Å². The van der Waals surface area contributed by atoms with Gasteiger partial charge in [0.05, 0.1) is 11.4 Å². The maximum Gasteiger partial charge on any atom is 0.242 e. The predicted octanol–water partition coefficient (Wildman–Crippen LogP) is 2.79. The van der Waals surface area contributed by atoms with Crippen LogP contribution < -0.4 is 10.6 Å². The molecule has 0 amide bonds. The summed E-state index contributed by atoms with van der Waals surface area (Å²) in [4.78, 5) is 1.45. The highest BCUT2D eigenvalue weighted by atomic mass is 32.2. The van der Waals surface area contributed by atoms with Gasteiger partial charge in [-0.05, 0) is 48.3 Å². The minimum atomic E-state index is -3.48. The van der Waals surface area contributed by atoms with E-state index in [0.717, 1.165) is 0 Å². The van der Waals surface area contributed by atoms with Gasteiger partial charge in [-0.1, -0.05) is 12.1 Å². The number of anilines is 1. The number of hydrogen-bond acceptors (Lipinski definition) is 4. The number of rotatable bonds is 5. The van der Waals surface area contributed by atoms with E-state index in [4.69, 9.17) is 12.2 Å². The first-order chi connectivity index (χ1) is 10.8. The summed E-state index contributed by atoms with van der Waals surface area (Å²) in [6.07, 6.45) is 0. The van der Waals surface area contributed by atoms with E-state index >= 15 is 0 Å². The third-order valence-electron chi connectivity index (χ3n) is 3.21. The molecule has 0 unspecified atom stereocenters. The molecule has 1 aromatic carbocycles. The fourth-order valence-electron chi connectivity index (χ4n) is 1.91. The molecule has 2 N–H and O–H groups in total. The third-order valence-corrected chi connectivity index (χ3v) is 6.29. The lowest BCUT2D eigenvalue weighted by Gasteiger charge is -2.16. The van der Waals surface area contributed by atoms with Crippen molar-refractivity contribution in [3.63, 3.8) is 0 Å². The molecule has 0 aliphatic heterocycles. The Bertz CT molecular complexity index is 784. The van der Waals surface area contributed by atoms with Gasteiger partial charge >= 0.3 is 0 Å². The van der Waals surface area contributed by atoms with Gasteiger partial charge in [-0.15, -0.1) is 11.3 Å². The normalized spacial score (nSPS) is 11.5. The van der Waals surface area contributed by atoms with Crippen molar-refractivity contribution in [2.24, 2.45) is 0 Å². The molecule has 2 aromatic rings. The van der Waals surface area contributed by atoms with Crippen molar-refractivity contribution in [1.82, 2.24) is 9.62 Å². The zero-order valence-corrected chi connectivity index (χ0v) is 15.6. The van der Waals surface area contributed by atoms with E-state index in [1.54, 1.807) is 30.4 Å². The molecule has 0 radical (unpaired) electrons. The highest BCUT2D eigenvalue weighted by Gasteiger charge is 2.20. The number of aryl methyl sites for hydroxylation is 1. The van der Waals surface area contributed by atoms with Crippen LogP contribution in [0.2, 0.25) is 0 Å². The third kappa shape index (κ3) is 4.51. The molecule has 0 saturated carbocycles. The Balaban J connectivity index is 2.10. The lowest BCUT2D eigenvalue weighted by molar-refractivity contribution is 0.520.